The molecule has 0 bridgehead atoms. The first-order chi connectivity index (χ1) is 11.0. The second kappa shape index (κ2) is 5.71. The number of nitrogens with zero attached hydrogens (tertiary/aromatic N) is 3. The van der Waals surface area contributed by atoms with E-state index in [2.05, 4.69) is 4.98 Å². The van der Waals surface area contributed by atoms with Gasteiger partial charge in [0, 0.05) is 18.0 Å². The highest BCUT2D eigenvalue weighted by Gasteiger charge is 2.35. The van der Waals surface area contributed by atoms with E-state index in [9.17, 15) is 20.0 Å². The molecular formula is C15H15N3O5. The first-order valence-corrected chi connectivity index (χ1v) is 7.13. The summed E-state index contributed by atoms with van der Waals surface area (Å²) in [5.74, 6) is -0.392. The molecule has 23 heavy (non-hydrogen) atoms. The van der Waals surface area contributed by atoms with Gasteiger partial charge in [-0.15, -0.1) is 0 Å². The molecule has 8 nitrogen and oxygen atoms in total. The quantitative estimate of drug-likeness (QED) is 0.680. The fourth-order valence-corrected chi connectivity index (χ4v) is 3.00. The van der Waals surface area contributed by atoms with Crippen molar-refractivity contribution < 1.29 is 19.6 Å². The molecule has 0 unspecified atom stereocenters. The van der Waals surface area contributed by atoms with Gasteiger partial charge in [0.25, 0.3) is 0 Å². The SMILES string of the molecule is COc1ccc2c(N3CCC[C@@H]3C(=O)O)c([N+](=O)[O-])cnc2c1. The summed E-state index contributed by atoms with van der Waals surface area (Å²) in [5, 5.41) is 21.3. The third kappa shape index (κ3) is 2.52. The van der Waals surface area contributed by atoms with Gasteiger partial charge < -0.3 is 14.7 Å². The van der Waals surface area contributed by atoms with Gasteiger partial charge in [-0.05, 0) is 25.0 Å². The first-order valence-electron chi connectivity index (χ1n) is 7.13. The summed E-state index contributed by atoms with van der Waals surface area (Å²) in [6, 6.07) is 4.28. The maximum Gasteiger partial charge on any atom is 0.326 e. The van der Waals surface area contributed by atoms with Crippen molar-refractivity contribution in [3.63, 3.8) is 0 Å². The molecule has 1 atom stereocenters. The monoisotopic (exact) mass is 317 g/mol. The zero-order chi connectivity index (χ0) is 16.6. The molecule has 0 aliphatic carbocycles. The van der Waals surface area contributed by atoms with Crippen molar-refractivity contribution in [3.05, 3.63) is 34.5 Å². The predicted octanol–water partition coefficient (Wildman–Crippen LogP) is 2.21. The molecule has 1 aromatic carbocycles. The van der Waals surface area contributed by atoms with Crippen LogP contribution in [0.3, 0.4) is 0 Å². The van der Waals surface area contributed by atoms with Crippen LogP contribution in [0.25, 0.3) is 10.9 Å². The molecule has 3 rings (SSSR count). The van der Waals surface area contributed by atoms with Gasteiger partial charge in [-0.25, -0.2) is 9.78 Å². The van der Waals surface area contributed by atoms with E-state index in [-0.39, 0.29) is 5.69 Å². The number of anilines is 1. The minimum absolute atomic E-state index is 0.184. The maximum atomic E-state index is 11.5. The van der Waals surface area contributed by atoms with Gasteiger partial charge in [-0.2, -0.15) is 0 Å². The smallest absolute Gasteiger partial charge is 0.326 e. The number of pyridine rings is 1. The number of fused-ring (bicyclic) bond motifs is 1. The molecule has 2 heterocycles. The van der Waals surface area contributed by atoms with Crippen molar-refractivity contribution in [2.75, 3.05) is 18.6 Å². The first kappa shape index (κ1) is 15.0. The van der Waals surface area contributed by atoms with Gasteiger partial charge in [-0.1, -0.05) is 0 Å². The molecule has 8 heteroatoms. The van der Waals surface area contributed by atoms with Crippen LogP contribution in [0.4, 0.5) is 11.4 Å². The summed E-state index contributed by atoms with van der Waals surface area (Å²) >= 11 is 0. The Hall–Kier alpha value is -2.90. The molecule has 0 saturated carbocycles. The van der Waals surface area contributed by atoms with Crippen LogP contribution in [0.5, 0.6) is 5.75 Å². The largest absolute Gasteiger partial charge is 0.497 e. The molecule has 0 radical (unpaired) electrons. The summed E-state index contributed by atoms with van der Waals surface area (Å²) in [6.45, 7) is 0.461. The van der Waals surface area contributed by atoms with Gasteiger partial charge in [0.05, 0.1) is 17.5 Å². The summed E-state index contributed by atoms with van der Waals surface area (Å²) in [6.07, 6.45) is 2.31. The molecule has 1 aliphatic heterocycles. The van der Waals surface area contributed by atoms with Gasteiger partial charge in [-0.3, -0.25) is 10.1 Å². The van der Waals surface area contributed by atoms with E-state index in [4.69, 9.17) is 4.74 Å². The van der Waals surface area contributed by atoms with Crippen molar-refractivity contribution in [1.82, 2.24) is 4.98 Å². The number of rotatable bonds is 4. The van der Waals surface area contributed by atoms with E-state index in [0.717, 1.165) is 0 Å². The molecule has 0 amide bonds. The van der Waals surface area contributed by atoms with Crippen molar-refractivity contribution in [2.24, 2.45) is 0 Å². The van der Waals surface area contributed by atoms with Gasteiger partial charge in [0.15, 0.2) is 0 Å². The third-order valence-corrected chi connectivity index (χ3v) is 4.05. The maximum absolute atomic E-state index is 11.5. The molecule has 0 spiro atoms. The van der Waals surface area contributed by atoms with Crippen molar-refractivity contribution in [1.29, 1.82) is 0 Å². The molecule has 1 fully saturated rings. The highest BCUT2D eigenvalue weighted by Crippen LogP contribution is 2.39. The minimum Gasteiger partial charge on any atom is -0.497 e. The Kier molecular flexibility index (Phi) is 3.73. The normalized spacial score (nSPS) is 17.4. The number of ether oxygens (including phenoxy) is 1. The number of methoxy groups -OCH3 is 1. The minimum atomic E-state index is -0.977. The number of benzene rings is 1. The molecule has 120 valence electrons. The molecule has 1 aromatic heterocycles. The standard InChI is InChI=1S/C15H15N3O5/c1-23-9-4-5-10-11(7-9)16-8-13(18(21)22)14(10)17-6-2-3-12(17)15(19)20/h4-5,7-8,12H,2-3,6H2,1H3,(H,19,20)/t12-/m1/s1. The molecule has 1 saturated heterocycles. The van der Waals surface area contributed by atoms with Crippen LogP contribution in [0.1, 0.15) is 12.8 Å². The van der Waals surface area contributed by atoms with Crippen molar-refractivity contribution in [3.8, 4) is 5.75 Å². The molecular weight excluding hydrogens is 302 g/mol. The van der Waals surface area contributed by atoms with E-state index in [1.54, 1.807) is 23.1 Å². The fourth-order valence-electron chi connectivity index (χ4n) is 3.00. The summed E-state index contributed by atoms with van der Waals surface area (Å²) < 4.78 is 5.14. The van der Waals surface area contributed by atoms with Crippen LogP contribution in [-0.4, -0.2) is 40.7 Å². The van der Waals surface area contributed by atoms with Crippen LogP contribution in [0.2, 0.25) is 0 Å². The average molecular weight is 317 g/mol. The Balaban J connectivity index is 2.25. The van der Waals surface area contributed by atoms with Gasteiger partial charge in [0.1, 0.15) is 23.7 Å². The number of aliphatic carboxylic acids is 1. The van der Waals surface area contributed by atoms with Crippen LogP contribution in [0, 0.1) is 10.1 Å². The lowest BCUT2D eigenvalue weighted by Gasteiger charge is -2.24. The Bertz CT molecular complexity index is 792. The zero-order valence-electron chi connectivity index (χ0n) is 12.4. The second-order valence-corrected chi connectivity index (χ2v) is 5.32. The second-order valence-electron chi connectivity index (χ2n) is 5.32. The number of carbonyl (C=O) groups is 1. The molecule has 2 aromatic rings. The number of aromatic nitrogens is 1. The summed E-state index contributed by atoms with van der Waals surface area (Å²) in [5.41, 5.74) is 0.657. The van der Waals surface area contributed by atoms with Gasteiger partial charge in [0.2, 0.25) is 0 Å². The highest BCUT2D eigenvalue weighted by molar-refractivity contribution is 5.98. The molecule has 1 N–H and O–H groups in total. The Morgan fingerprint density at radius 1 is 1.52 bits per heavy atom. The van der Waals surface area contributed by atoms with Crippen LogP contribution < -0.4 is 9.64 Å². The number of nitro groups is 1. The van der Waals surface area contributed by atoms with Gasteiger partial charge >= 0.3 is 11.7 Å². The number of hydrogen-bond donors (Lipinski definition) is 1. The summed E-state index contributed by atoms with van der Waals surface area (Å²) in [7, 11) is 1.52. The lowest BCUT2D eigenvalue weighted by molar-refractivity contribution is -0.384. The number of hydrogen-bond acceptors (Lipinski definition) is 6. The third-order valence-electron chi connectivity index (χ3n) is 4.05. The Morgan fingerprint density at radius 3 is 2.96 bits per heavy atom. The Labute approximate surface area is 131 Å². The van der Waals surface area contributed by atoms with E-state index < -0.39 is 16.9 Å². The van der Waals surface area contributed by atoms with Crippen LogP contribution >= 0.6 is 0 Å². The van der Waals surface area contributed by atoms with E-state index in [0.29, 0.717) is 41.7 Å². The predicted molar refractivity (Wildman–Crippen MR) is 83.0 cm³/mol. The Morgan fingerprint density at radius 2 is 2.30 bits per heavy atom. The van der Waals surface area contributed by atoms with E-state index in [1.165, 1.54) is 13.3 Å². The van der Waals surface area contributed by atoms with Crippen molar-refractivity contribution >= 4 is 28.2 Å². The number of carboxylic acid groups (broad SMARTS) is 1. The van der Waals surface area contributed by atoms with Crippen LogP contribution in [0.15, 0.2) is 24.4 Å². The summed E-state index contributed by atoms with van der Waals surface area (Å²) in [4.78, 5) is 28.0. The van der Waals surface area contributed by atoms with Crippen molar-refractivity contribution in [2.45, 2.75) is 18.9 Å². The fraction of sp³-hybridized carbons (Fsp3) is 0.333. The lowest BCUT2D eigenvalue weighted by Crippen LogP contribution is -2.36. The van der Waals surface area contributed by atoms with Crippen LogP contribution in [-0.2, 0) is 4.79 Å². The van der Waals surface area contributed by atoms with E-state index >= 15 is 0 Å². The highest BCUT2D eigenvalue weighted by atomic mass is 16.6. The van der Waals surface area contributed by atoms with E-state index in [1.807, 2.05) is 0 Å². The number of carboxylic acids is 1. The average Bonchev–Trinajstić information content (AvgIpc) is 3.02. The zero-order valence-corrected chi connectivity index (χ0v) is 12.4. The molecule has 1 aliphatic rings. The topological polar surface area (TPSA) is 106 Å². The lowest BCUT2D eigenvalue weighted by atomic mass is 10.1.